The summed E-state index contributed by atoms with van der Waals surface area (Å²) < 4.78 is 5.30. The Bertz CT molecular complexity index is 351. The zero-order valence-electron chi connectivity index (χ0n) is 12.9. The standard InChI is InChI=1S/C17H29NO/c1-5-7-10-15(6-2)17(18-3)13-14-9-8-11-16(12-14)19-4/h8-9,11-12,15,17-18H,5-7,10,13H2,1-4H3. The van der Waals surface area contributed by atoms with E-state index >= 15 is 0 Å². The third kappa shape index (κ3) is 5.23. The highest BCUT2D eigenvalue weighted by Crippen LogP contribution is 2.21. The highest BCUT2D eigenvalue weighted by Gasteiger charge is 2.18. The van der Waals surface area contributed by atoms with Crippen LogP contribution in [-0.2, 0) is 6.42 Å². The lowest BCUT2D eigenvalue weighted by Gasteiger charge is -2.26. The molecule has 0 heterocycles. The van der Waals surface area contributed by atoms with Crippen molar-refractivity contribution in [3.05, 3.63) is 29.8 Å². The number of benzene rings is 1. The van der Waals surface area contributed by atoms with Crippen LogP contribution in [0.15, 0.2) is 24.3 Å². The molecule has 1 aromatic carbocycles. The molecule has 1 N–H and O–H groups in total. The Balaban J connectivity index is 2.67. The molecule has 0 bridgehead atoms. The van der Waals surface area contributed by atoms with Gasteiger partial charge in [-0.2, -0.15) is 0 Å². The molecular formula is C17H29NO. The summed E-state index contributed by atoms with van der Waals surface area (Å²) in [6, 6.07) is 8.99. The van der Waals surface area contributed by atoms with Crippen LogP contribution in [0, 0.1) is 5.92 Å². The first-order valence-corrected chi connectivity index (χ1v) is 7.55. The molecule has 0 aliphatic carbocycles. The maximum absolute atomic E-state index is 5.30. The minimum Gasteiger partial charge on any atom is -0.497 e. The highest BCUT2D eigenvalue weighted by molar-refractivity contribution is 5.29. The summed E-state index contributed by atoms with van der Waals surface area (Å²) in [4.78, 5) is 0. The van der Waals surface area contributed by atoms with E-state index in [1.165, 1.54) is 31.2 Å². The predicted molar refractivity (Wildman–Crippen MR) is 82.9 cm³/mol. The fourth-order valence-corrected chi connectivity index (χ4v) is 2.71. The van der Waals surface area contributed by atoms with Crippen LogP contribution in [0.25, 0.3) is 0 Å². The van der Waals surface area contributed by atoms with Gasteiger partial charge in [0.05, 0.1) is 7.11 Å². The summed E-state index contributed by atoms with van der Waals surface area (Å²) in [6.07, 6.45) is 6.26. The second kappa shape index (κ2) is 8.98. The first-order chi connectivity index (χ1) is 9.24. The van der Waals surface area contributed by atoms with Crippen LogP contribution in [0.3, 0.4) is 0 Å². The summed E-state index contributed by atoms with van der Waals surface area (Å²) in [5.74, 6) is 1.71. The summed E-state index contributed by atoms with van der Waals surface area (Å²) in [7, 11) is 3.81. The Labute approximate surface area is 118 Å². The molecule has 2 heteroatoms. The monoisotopic (exact) mass is 263 g/mol. The van der Waals surface area contributed by atoms with Gasteiger partial charge < -0.3 is 10.1 Å². The van der Waals surface area contributed by atoms with Crippen LogP contribution < -0.4 is 10.1 Å². The number of ether oxygens (including phenoxy) is 1. The molecule has 0 saturated heterocycles. The SMILES string of the molecule is CCCCC(CC)C(Cc1cccc(OC)c1)NC. The zero-order chi connectivity index (χ0) is 14.1. The number of nitrogens with one attached hydrogen (secondary N) is 1. The normalized spacial score (nSPS) is 14.1. The van der Waals surface area contributed by atoms with Gasteiger partial charge in [-0.15, -0.1) is 0 Å². The topological polar surface area (TPSA) is 21.3 Å². The molecule has 0 spiro atoms. The Kier molecular flexibility index (Phi) is 7.57. The maximum Gasteiger partial charge on any atom is 0.119 e. The Morgan fingerprint density at radius 3 is 2.63 bits per heavy atom. The van der Waals surface area contributed by atoms with Crippen molar-refractivity contribution < 1.29 is 4.74 Å². The highest BCUT2D eigenvalue weighted by atomic mass is 16.5. The van der Waals surface area contributed by atoms with Gasteiger partial charge in [-0.1, -0.05) is 45.2 Å². The third-order valence-corrected chi connectivity index (χ3v) is 3.98. The van der Waals surface area contributed by atoms with Crippen LogP contribution in [-0.4, -0.2) is 20.2 Å². The molecule has 2 nitrogen and oxygen atoms in total. The van der Waals surface area contributed by atoms with E-state index in [2.05, 4.69) is 44.4 Å². The van der Waals surface area contributed by atoms with E-state index in [0.717, 1.165) is 18.1 Å². The van der Waals surface area contributed by atoms with Gasteiger partial charge in [0, 0.05) is 6.04 Å². The van der Waals surface area contributed by atoms with Crippen LogP contribution in [0.1, 0.15) is 45.1 Å². The molecule has 0 saturated carbocycles. The quantitative estimate of drug-likeness (QED) is 0.726. The van der Waals surface area contributed by atoms with Crippen LogP contribution in [0.5, 0.6) is 5.75 Å². The number of methoxy groups -OCH3 is 1. The van der Waals surface area contributed by atoms with Crippen molar-refractivity contribution in [2.75, 3.05) is 14.2 Å². The maximum atomic E-state index is 5.30. The van der Waals surface area contributed by atoms with E-state index in [-0.39, 0.29) is 0 Å². The fourth-order valence-electron chi connectivity index (χ4n) is 2.71. The van der Waals surface area contributed by atoms with Gasteiger partial charge in [0.25, 0.3) is 0 Å². The van der Waals surface area contributed by atoms with Crippen molar-refractivity contribution in [3.8, 4) is 5.75 Å². The Morgan fingerprint density at radius 2 is 2.05 bits per heavy atom. The molecule has 0 aliphatic rings. The van der Waals surface area contributed by atoms with Crippen molar-refractivity contribution >= 4 is 0 Å². The van der Waals surface area contributed by atoms with E-state index in [1.54, 1.807) is 7.11 Å². The lowest BCUT2D eigenvalue weighted by Crippen LogP contribution is -2.35. The van der Waals surface area contributed by atoms with Gasteiger partial charge in [-0.05, 0) is 43.5 Å². The van der Waals surface area contributed by atoms with Crippen molar-refractivity contribution in [2.24, 2.45) is 5.92 Å². The average molecular weight is 263 g/mol. The summed E-state index contributed by atoms with van der Waals surface area (Å²) in [5.41, 5.74) is 1.36. The molecule has 0 aromatic heterocycles. The number of likely N-dealkylation sites (N-methyl/N-ethyl adjacent to an activating group) is 1. The number of hydrogen-bond donors (Lipinski definition) is 1. The van der Waals surface area contributed by atoms with Crippen molar-refractivity contribution in [1.29, 1.82) is 0 Å². The minimum absolute atomic E-state index is 0.559. The molecule has 19 heavy (non-hydrogen) atoms. The van der Waals surface area contributed by atoms with E-state index in [4.69, 9.17) is 4.74 Å². The van der Waals surface area contributed by atoms with E-state index < -0.39 is 0 Å². The summed E-state index contributed by atoms with van der Waals surface area (Å²) in [6.45, 7) is 4.57. The van der Waals surface area contributed by atoms with E-state index in [9.17, 15) is 0 Å². The molecule has 2 atom stereocenters. The zero-order valence-corrected chi connectivity index (χ0v) is 12.9. The van der Waals surface area contributed by atoms with Gasteiger partial charge in [-0.3, -0.25) is 0 Å². The van der Waals surface area contributed by atoms with Crippen LogP contribution in [0.2, 0.25) is 0 Å². The van der Waals surface area contributed by atoms with Gasteiger partial charge >= 0.3 is 0 Å². The third-order valence-electron chi connectivity index (χ3n) is 3.98. The molecule has 2 unspecified atom stereocenters. The molecule has 0 radical (unpaired) electrons. The van der Waals surface area contributed by atoms with Crippen molar-refractivity contribution in [3.63, 3.8) is 0 Å². The molecular weight excluding hydrogens is 234 g/mol. The van der Waals surface area contributed by atoms with E-state index in [0.29, 0.717) is 6.04 Å². The molecule has 0 amide bonds. The predicted octanol–water partition coefficient (Wildman–Crippen LogP) is 4.04. The van der Waals surface area contributed by atoms with Gasteiger partial charge in [0.15, 0.2) is 0 Å². The average Bonchev–Trinajstić information content (AvgIpc) is 2.46. The lowest BCUT2D eigenvalue weighted by atomic mass is 9.87. The molecule has 0 aliphatic heterocycles. The van der Waals surface area contributed by atoms with Gasteiger partial charge in [-0.25, -0.2) is 0 Å². The second-order valence-corrected chi connectivity index (χ2v) is 5.26. The molecule has 1 aromatic rings. The first-order valence-electron chi connectivity index (χ1n) is 7.55. The number of rotatable bonds is 9. The number of hydrogen-bond acceptors (Lipinski definition) is 2. The fraction of sp³-hybridized carbons (Fsp3) is 0.647. The summed E-state index contributed by atoms with van der Waals surface area (Å²) >= 11 is 0. The second-order valence-electron chi connectivity index (χ2n) is 5.26. The lowest BCUT2D eigenvalue weighted by molar-refractivity contribution is 0.330. The van der Waals surface area contributed by atoms with E-state index in [1.807, 2.05) is 6.07 Å². The van der Waals surface area contributed by atoms with Crippen molar-refractivity contribution in [2.45, 2.75) is 52.0 Å². The Morgan fingerprint density at radius 1 is 1.26 bits per heavy atom. The van der Waals surface area contributed by atoms with Gasteiger partial charge in [0.2, 0.25) is 0 Å². The Hall–Kier alpha value is -1.02. The largest absolute Gasteiger partial charge is 0.497 e. The number of unbranched alkanes of at least 4 members (excludes halogenated alkanes) is 1. The molecule has 108 valence electrons. The summed E-state index contributed by atoms with van der Waals surface area (Å²) in [5, 5.41) is 3.51. The van der Waals surface area contributed by atoms with Crippen LogP contribution >= 0.6 is 0 Å². The van der Waals surface area contributed by atoms with Gasteiger partial charge in [0.1, 0.15) is 5.75 Å². The van der Waals surface area contributed by atoms with Crippen molar-refractivity contribution in [1.82, 2.24) is 5.32 Å². The smallest absolute Gasteiger partial charge is 0.119 e. The molecule has 0 fully saturated rings. The van der Waals surface area contributed by atoms with Crippen LogP contribution in [0.4, 0.5) is 0 Å². The first kappa shape index (κ1) is 16.0. The molecule has 1 rings (SSSR count). The minimum atomic E-state index is 0.559.